The van der Waals surface area contributed by atoms with Crippen LogP contribution in [0.1, 0.15) is 43.0 Å². The molecule has 1 aliphatic rings. The highest BCUT2D eigenvalue weighted by Gasteiger charge is 2.30. The maximum Gasteiger partial charge on any atom is 0.252 e. The Labute approximate surface area is 131 Å². The average Bonchev–Trinajstić information content (AvgIpc) is 2.48. The third-order valence-electron chi connectivity index (χ3n) is 4.46. The molecule has 1 aromatic rings. The van der Waals surface area contributed by atoms with Gasteiger partial charge in [0, 0.05) is 12.6 Å². The van der Waals surface area contributed by atoms with Crippen molar-refractivity contribution in [3.8, 4) is 0 Å². The smallest absolute Gasteiger partial charge is 0.252 e. The van der Waals surface area contributed by atoms with E-state index in [1.165, 1.54) is 12.8 Å². The zero-order valence-electron chi connectivity index (χ0n) is 12.5. The first-order valence-electron chi connectivity index (χ1n) is 7.65. The fraction of sp³-hybridized carbons (Fsp3) is 0.562. The molecule has 1 amide bonds. The Kier molecular flexibility index (Phi) is 5.48. The van der Waals surface area contributed by atoms with Gasteiger partial charge in [0.1, 0.15) is 0 Å². The number of halogens is 1. The van der Waals surface area contributed by atoms with Gasteiger partial charge in [0.15, 0.2) is 0 Å². The zero-order chi connectivity index (χ0) is 15.4. The molecule has 1 aromatic carbocycles. The van der Waals surface area contributed by atoms with Crippen LogP contribution in [0.3, 0.4) is 0 Å². The van der Waals surface area contributed by atoms with Gasteiger partial charge in [0.05, 0.1) is 16.3 Å². The monoisotopic (exact) mass is 309 g/mol. The summed E-state index contributed by atoms with van der Waals surface area (Å²) in [5.41, 5.74) is 12.7. The summed E-state index contributed by atoms with van der Waals surface area (Å²) < 4.78 is 0. The minimum atomic E-state index is -0.478. The normalized spacial score (nSPS) is 22.0. The Morgan fingerprint density at radius 2 is 2.10 bits per heavy atom. The van der Waals surface area contributed by atoms with Crippen LogP contribution in [0.2, 0.25) is 5.02 Å². The molecule has 0 saturated heterocycles. The largest absolute Gasteiger partial charge is 0.368 e. The van der Waals surface area contributed by atoms with Crippen molar-refractivity contribution in [2.24, 2.45) is 17.4 Å². The first-order chi connectivity index (χ1) is 10.1. The van der Waals surface area contributed by atoms with Crippen molar-refractivity contribution >= 4 is 23.2 Å². The second kappa shape index (κ2) is 7.14. The lowest BCUT2D eigenvalue weighted by atomic mass is 9.83. The summed E-state index contributed by atoms with van der Waals surface area (Å²) in [4.78, 5) is 14.0. The number of primary amides is 1. The fourth-order valence-electron chi connectivity index (χ4n) is 3.45. The Balaban J connectivity index is 2.41. The molecule has 21 heavy (non-hydrogen) atoms. The van der Waals surface area contributed by atoms with Crippen LogP contribution in [0.15, 0.2) is 18.2 Å². The number of hydrogen-bond acceptors (Lipinski definition) is 3. The number of amides is 1. The second-order valence-electron chi connectivity index (χ2n) is 5.63. The molecule has 0 aromatic heterocycles. The van der Waals surface area contributed by atoms with Gasteiger partial charge in [-0.1, -0.05) is 30.5 Å². The minimum absolute atomic E-state index is 0.352. The van der Waals surface area contributed by atoms with Gasteiger partial charge < -0.3 is 16.4 Å². The lowest BCUT2D eigenvalue weighted by Gasteiger charge is -2.41. The van der Waals surface area contributed by atoms with E-state index in [0.717, 1.165) is 25.1 Å². The van der Waals surface area contributed by atoms with E-state index in [9.17, 15) is 4.79 Å². The van der Waals surface area contributed by atoms with Gasteiger partial charge in [-0.15, -0.1) is 0 Å². The molecule has 0 spiro atoms. The van der Waals surface area contributed by atoms with Crippen molar-refractivity contribution in [3.63, 3.8) is 0 Å². The molecule has 5 heteroatoms. The van der Waals surface area contributed by atoms with Gasteiger partial charge >= 0.3 is 0 Å². The van der Waals surface area contributed by atoms with Crippen LogP contribution in [-0.4, -0.2) is 25.0 Å². The minimum Gasteiger partial charge on any atom is -0.368 e. The zero-order valence-corrected chi connectivity index (χ0v) is 13.3. The number of rotatable bonds is 5. The highest BCUT2D eigenvalue weighted by molar-refractivity contribution is 6.34. The molecule has 1 fully saturated rings. The molecule has 4 nitrogen and oxygen atoms in total. The standard InChI is InChI=1S/C16H24ClN3O/c1-2-20(13-8-4-3-6-11(13)10-18)14-9-5-7-12(17)15(14)16(19)21/h5,7,9,11,13H,2-4,6,8,10,18H2,1H3,(H2,19,21). The lowest BCUT2D eigenvalue weighted by Crippen LogP contribution is -2.46. The Hall–Kier alpha value is -1.26. The van der Waals surface area contributed by atoms with Crippen molar-refractivity contribution in [2.75, 3.05) is 18.0 Å². The number of benzene rings is 1. The number of carbonyl (C=O) groups excluding carboxylic acids is 1. The molecule has 1 saturated carbocycles. The summed E-state index contributed by atoms with van der Waals surface area (Å²) in [6.45, 7) is 3.57. The third-order valence-corrected chi connectivity index (χ3v) is 4.78. The van der Waals surface area contributed by atoms with Crippen LogP contribution in [0.5, 0.6) is 0 Å². The van der Waals surface area contributed by atoms with Crippen LogP contribution in [-0.2, 0) is 0 Å². The van der Waals surface area contributed by atoms with Crippen LogP contribution in [0, 0.1) is 5.92 Å². The first kappa shape index (κ1) is 16.1. The maximum absolute atomic E-state index is 11.8. The number of nitrogens with zero attached hydrogens (tertiary/aromatic N) is 1. The van der Waals surface area contributed by atoms with E-state index in [0.29, 0.717) is 29.1 Å². The quantitative estimate of drug-likeness (QED) is 0.878. The molecular formula is C16H24ClN3O. The maximum atomic E-state index is 11.8. The number of nitrogens with two attached hydrogens (primary N) is 2. The molecule has 1 aliphatic carbocycles. The van der Waals surface area contributed by atoms with Crippen LogP contribution >= 0.6 is 11.6 Å². The highest BCUT2D eigenvalue weighted by atomic mass is 35.5. The molecule has 0 heterocycles. The third kappa shape index (κ3) is 3.33. The van der Waals surface area contributed by atoms with Crippen molar-refractivity contribution in [2.45, 2.75) is 38.6 Å². The van der Waals surface area contributed by atoms with E-state index in [1.807, 2.05) is 12.1 Å². The van der Waals surface area contributed by atoms with Gasteiger partial charge in [-0.2, -0.15) is 0 Å². The van der Waals surface area contributed by atoms with E-state index in [4.69, 9.17) is 23.1 Å². The Morgan fingerprint density at radius 3 is 2.71 bits per heavy atom. The van der Waals surface area contributed by atoms with Crippen LogP contribution in [0.4, 0.5) is 5.69 Å². The van der Waals surface area contributed by atoms with Gasteiger partial charge in [-0.25, -0.2) is 0 Å². The van der Waals surface area contributed by atoms with Gasteiger partial charge in [0.2, 0.25) is 0 Å². The molecule has 116 valence electrons. The molecule has 2 unspecified atom stereocenters. The predicted molar refractivity (Wildman–Crippen MR) is 87.8 cm³/mol. The molecule has 0 bridgehead atoms. The van der Waals surface area contributed by atoms with E-state index < -0.39 is 5.91 Å². The second-order valence-corrected chi connectivity index (χ2v) is 6.04. The van der Waals surface area contributed by atoms with E-state index in [2.05, 4.69) is 11.8 Å². The van der Waals surface area contributed by atoms with Crippen molar-refractivity contribution in [1.29, 1.82) is 0 Å². The van der Waals surface area contributed by atoms with Crippen molar-refractivity contribution in [1.82, 2.24) is 0 Å². The number of hydrogen-bond donors (Lipinski definition) is 2. The highest BCUT2D eigenvalue weighted by Crippen LogP contribution is 2.34. The molecule has 2 atom stereocenters. The van der Waals surface area contributed by atoms with Gasteiger partial charge in [0.25, 0.3) is 5.91 Å². The topological polar surface area (TPSA) is 72.3 Å². The van der Waals surface area contributed by atoms with Crippen molar-refractivity contribution in [3.05, 3.63) is 28.8 Å². The molecule has 2 rings (SSSR count). The van der Waals surface area contributed by atoms with Crippen LogP contribution < -0.4 is 16.4 Å². The van der Waals surface area contributed by atoms with E-state index in [-0.39, 0.29) is 0 Å². The summed E-state index contributed by atoms with van der Waals surface area (Å²) in [7, 11) is 0. The Bertz CT molecular complexity index is 506. The van der Waals surface area contributed by atoms with Gasteiger partial charge in [-0.05, 0) is 44.4 Å². The fourth-order valence-corrected chi connectivity index (χ4v) is 3.72. The number of anilines is 1. The molecule has 4 N–H and O–H groups in total. The summed E-state index contributed by atoms with van der Waals surface area (Å²) >= 11 is 6.18. The summed E-state index contributed by atoms with van der Waals surface area (Å²) in [5, 5.41) is 0.415. The van der Waals surface area contributed by atoms with E-state index >= 15 is 0 Å². The predicted octanol–water partition coefficient (Wildman–Crippen LogP) is 2.78. The summed E-state index contributed by atoms with van der Waals surface area (Å²) in [5.74, 6) is -0.0208. The average molecular weight is 310 g/mol. The molecular weight excluding hydrogens is 286 g/mol. The lowest BCUT2D eigenvalue weighted by molar-refractivity contribution is 0.100. The molecule has 0 radical (unpaired) electrons. The SMILES string of the molecule is CCN(c1cccc(Cl)c1C(N)=O)C1CCCCC1CN. The first-order valence-corrected chi connectivity index (χ1v) is 8.03. The number of carbonyl (C=O) groups is 1. The van der Waals surface area contributed by atoms with Crippen LogP contribution in [0.25, 0.3) is 0 Å². The Morgan fingerprint density at radius 1 is 1.38 bits per heavy atom. The van der Waals surface area contributed by atoms with Gasteiger partial charge in [-0.3, -0.25) is 4.79 Å². The van der Waals surface area contributed by atoms with E-state index in [1.54, 1.807) is 6.07 Å². The van der Waals surface area contributed by atoms with Crippen molar-refractivity contribution < 1.29 is 4.79 Å². The summed E-state index contributed by atoms with van der Waals surface area (Å²) in [6, 6.07) is 5.86. The summed E-state index contributed by atoms with van der Waals surface area (Å²) in [6.07, 6.45) is 4.67. The molecule has 0 aliphatic heterocycles.